The van der Waals surface area contributed by atoms with Crippen LogP contribution < -0.4 is 4.72 Å². The predicted molar refractivity (Wildman–Crippen MR) is 102 cm³/mol. The number of nitrogens with one attached hydrogen (secondary N) is 1. The van der Waals surface area contributed by atoms with Gasteiger partial charge >= 0.3 is 0 Å². The van der Waals surface area contributed by atoms with E-state index >= 15 is 0 Å². The Morgan fingerprint density at radius 2 is 1.60 bits per heavy atom. The van der Waals surface area contributed by atoms with Crippen molar-refractivity contribution in [3.8, 4) is 0 Å². The minimum absolute atomic E-state index is 0.0539. The first-order chi connectivity index (χ1) is 11.6. The smallest absolute Gasteiger partial charge is 0.264 e. The van der Waals surface area contributed by atoms with Gasteiger partial charge in [0.1, 0.15) is 9.23 Å². The van der Waals surface area contributed by atoms with Crippen LogP contribution in [0, 0.1) is 0 Å². The van der Waals surface area contributed by atoms with E-state index in [1.54, 1.807) is 13.8 Å². The summed E-state index contributed by atoms with van der Waals surface area (Å²) in [6.07, 6.45) is 0. The number of thiophene rings is 1. The molecule has 0 bridgehead atoms. The topological polar surface area (TPSA) is 83.6 Å². The molecule has 1 aromatic heterocycles. The van der Waals surface area contributed by atoms with Gasteiger partial charge in [0.2, 0.25) is 10.0 Å². The second-order valence-corrected chi connectivity index (χ2v) is 10.8. The Balaban J connectivity index is 2.28. The number of nitrogens with zero attached hydrogens (tertiary/aromatic N) is 1. The molecule has 11 heteroatoms. The first kappa shape index (κ1) is 20.5. The van der Waals surface area contributed by atoms with E-state index in [1.165, 1.54) is 34.6 Å². The predicted octanol–water partition coefficient (Wildman–Crippen LogP) is 3.89. The fourth-order valence-corrected chi connectivity index (χ4v) is 6.79. The molecule has 6 nitrogen and oxygen atoms in total. The number of anilines is 1. The van der Waals surface area contributed by atoms with E-state index in [0.29, 0.717) is 13.1 Å². The van der Waals surface area contributed by atoms with Gasteiger partial charge in [-0.3, -0.25) is 4.72 Å². The summed E-state index contributed by atoms with van der Waals surface area (Å²) in [4.78, 5) is -0.0280. The Labute approximate surface area is 161 Å². The highest BCUT2D eigenvalue weighted by molar-refractivity contribution is 7.93. The molecule has 2 rings (SSSR count). The molecule has 0 aliphatic carbocycles. The lowest BCUT2D eigenvalue weighted by atomic mass is 10.3. The van der Waals surface area contributed by atoms with Crippen LogP contribution in [0.25, 0.3) is 0 Å². The molecule has 2 aromatic rings. The number of rotatable bonds is 7. The monoisotopic (exact) mass is 442 g/mol. The molecule has 0 aliphatic rings. The van der Waals surface area contributed by atoms with E-state index in [0.717, 1.165) is 11.3 Å². The van der Waals surface area contributed by atoms with Crippen molar-refractivity contribution in [2.24, 2.45) is 0 Å². The van der Waals surface area contributed by atoms with Crippen molar-refractivity contribution >= 4 is 60.3 Å². The zero-order valence-electron chi connectivity index (χ0n) is 13.4. The van der Waals surface area contributed by atoms with Crippen molar-refractivity contribution in [3.05, 3.63) is 39.0 Å². The van der Waals surface area contributed by atoms with Crippen molar-refractivity contribution < 1.29 is 16.8 Å². The van der Waals surface area contributed by atoms with Gasteiger partial charge in [-0.1, -0.05) is 37.0 Å². The van der Waals surface area contributed by atoms with E-state index in [1.807, 2.05) is 0 Å². The second-order valence-electron chi connectivity index (χ2n) is 4.91. The number of sulfonamides is 2. The zero-order valence-corrected chi connectivity index (χ0v) is 17.3. The third kappa shape index (κ3) is 4.47. The van der Waals surface area contributed by atoms with Crippen molar-refractivity contribution in [1.82, 2.24) is 4.31 Å². The lowest BCUT2D eigenvalue weighted by molar-refractivity contribution is 0.445. The molecular formula is C14H16Cl2N2O4S3. The third-order valence-corrected chi connectivity index (χ3v) is 8.56. The molecule has 25 heavy (non-hydrogen) atoms. The van der Waals surface area contributed by atoms with Crippen molar-refractivity contribution in [3.63, 3.8) is 0 Å². The van der Waals surface area contributed by atoms with Crippen molar-refractivity contribution in [2.45, 2.75) is 23.6 Å². The molecule has 0 fully saturated rings. The first-order valence-corrected chi connectivity index (χ1v) is 11.7. The Morgan fingerprint density at radius 1 is 1.04 bits per heavy atom. The van der Waals surface area contributed by atoms with Crippen LogP contribution in [0.3, 0.4) is 0 Å². The highest BCUT2D eigenvalue weighted by Crippen LogP contribution is 2.35. The fraction of sp³-hybridized carbons (Fsp3) is 0.286. The summed E-state index contributed by atoms with van der Waals surface area (Å²) in [7, 11) is -7.51. The van der Waals surface area contributed by atoms with E-state index in [-0.39, 0.29) is 24.2 Å². The molecule has 0 amide bonds. The summed E-state index contributed by atoms with van der Waals surface area (Å²) in [6.45, 7) is 4.20. The third-order valence-electron chi connectivity index (χ3n) is 3.36. The average molecular weight is 443 g/mol. The van der Waals surface area contributed by atoms with Crippen molar-refractivity contribution in [2.75, 3.05) is 17.8 Å². The van der Waals surface area contributed by atoms with Gasteiger partial charge in [0.05, 0.1) is 9.23 Å². The second kappa shape index (κ2) is 7.81. The van der Waals surface area contributed by atoms with Crippen LogP contribution in [0.5, 0.6) is 0 Å². The molecule has 0 unspecified atom stereocenters. The van der Waals surface area contributed by atoms with Crippen LogP contribution >= 0.6 is 34.5 Å². The van der Waals surface area contributed by atoms with E-state index in [2.05, 4.69) is 4.72 Å². The highest BCUT2D eigenvalue weighted by atomic mass is 35.5. The Kier molecular flexibility index (Phi) is 6.40. The highest BCUT2D eigenvalue weighted by Gasteiger charge is 2.23. The number of hydrogen-bond donors (Lipinski definition) is 1. The molecular weight excluding hydrogens is 427 g/mol. The summed E-state index contributed by atoms with van der Waals surface area (Å²) in [5.41, 5.74) is 0.219. The zero-order chi connectivity index (χ0) is 18.8. The molecule has 1 aromatic carbocycles. The number of benzene rings is 1. The van der Waals surface area contributed by atoms with Gasteiger partial charge in [-0.15, -0.1) is 11.3 Å². The van der Waals surface area contributed by atoms with E-state index < -0.39 is 20.0 Å². The Bertz CT molecular complexity index is 950. The van der Waals surface area contributed by atoms with Crippen LogP contribution in [0.1, 0.15) is 13.8 Å². The van der Waals surface area contributed by atoms with Crippen LogP contribution in [0.4, 0.5) is 5.69 Å². The molecule has 0 spiro atoms. The van der Waals surface area contributed by atoms with Gasteiger partial charge in [0.25, 0.3) is 10.0 Å². The summed E-state index contributed by atoms with van der Waals surface area (Å²) < 4.78 is 53.5. The summed E-state index contributed by atoms with van der Waals surface area (Å²) in [5, 5.41) is 0. The maximum atomic E-state index is 12.4. The van der Waals surface area contributed by atoms with Crippen LogP contribution in [-0.4, -0.2) is 34.2 Å². The van der Waals surface area contributed by atoms with Crippen LogP contribution in [0.15, 0.2) is 40.1 Å². The Morgan fingerprint density at radius 3 is 2.04 bits per heavy atom. The van der Waals surface area contributed by atoms with Crippen molar-refractivity contribution in [1.29, 1.82) is 0 Å². The first-order valence-electron chi connectivity index (χ1n) is 7.19. The minimum Gasteiger partial charge on any atom is -0.280 e. The molecule has 0 radical (unpaired) electrons. The van der Waals surface area contributed by atoms with Crippen LogP contribution in [-0.2, 0) is 20.0 Å². The maximum Gasteiger partial charge on any atom is 0.264 e. The van der Waals surface area contributed by atoms with Gasteiger partial charge in [0.15, 0.2) is 0 Å². The van der Waals surface area contributed by atoms with Crippen LogP contribution in [0.2, 0.25) is 8.67 Å². The fourth-order valence-electron chi connectivity index (χ4n) is 2.13. The summed E-state index contributed by atoms with van der Waals surface area (Å²) in [6, 6.07) is 6.74. The lowest BCUT2D eigenvalue weighted by Gasteiger charge is -2.18. The molecule has 138 valence electrons. The van der Waals surface area contributed by atoms with E-state index in [4.69, 9.17) is 23.2 Å². The summed E-state index contributed by atoms with van der Waals surface area (Å²) in [5.74, 6) is 0. The largest absolute Gasteiger partial charge is 0.280 e. The normalized spacial score (nSPS) is 12.5. The van der Waals surface area contributed by atoms with Gasteiger partial charge in [-0.2, -0.15) is 4.31 Å². The van der Waals surface area contributed by atoms with Gasteiger partial charge < -0.3 is 0 Å². The number of halogens is 2. The SMILES string of the molecule is CCN(CC)S(=O)(=O)c1ccc(NS(=O)(=O)c2cc(Cl)sc2Cl)cc1. The minimum atomic E-state index is -3.91. The molecule has 0 saturated carbocycles. The van der Waals surface area contributed by atoms with Gasteiger partial charge in [-0.05, 0) is 30.3 Å². The molecule has 1 N–H and O–H groups in total. The molecule has 0 atom stereocenters. The lowest BCUT2D eigenvalue weighted by Crippen LogP contribution is -2.30. The Hall–Kier alpha value is -0.840. The summed E-state index contributed by atoms with van der Waals surface area (Å²) >= 11 is 12.6. The van der Waals surface area contributed by atoms with E-state index in [9.17, 15) is 16.8 Å². The maximum absolute atomic E-state index is 12.4. The van der Waals surface area contributed by atoms with Gasteiger partial charge in [0, 0.05) is 18.8 Å². The molecule has 0 saturated heterocycles. The quantitative estimate of drug-likeness (QED) is 0.704. The molecule has 0 aliphatic heterocycles. The molecule has 1 heterocycles. The average Bonchev–Trinajstić information content (AvgIpc) is 2.88. The standard InChI is InChI=1S/C14H16Cl2N2O4S3/c1-3-18(4-2)25(21,22)11-7-5-10(6-8-11)17-24(19,20)12-9-13(15)23-14(12)16/h5-9,17H,3-4H2,1-2H3. The number of hydrogen-bond acceptors (Lipinski definition) is 5. The van der Waals surface area contributed by atoms with Gasteiger partial charge in [-0.25, -0.2) is 16.8 Å².